The maximum Gasteiger partial charge on any atom is 0.341 e. The summed E-state index contributed by atoms with van der Waals surface area (Å²) in [5, 5.41) is 17.3. The lowest BCUT2D eigenvalue weighted by atomic mass is 10.0. The molecule has 1 atom stereocenters. The van der Waals surface area contributed by atoms with Crippen molar-refractivity contribution in [2.45, 2.75) is 18.6 Å². The van der Waals surface area contributed by atoms with Gasteiger partial charge in [-0.25, -0.2) is 14.2 Å². The van der Waals surface area contributed by atoms with E-state index >= 15 is 0 Å². The molecule has 5 rings (SSSR count). The number of hydrazone groups is 1. The molecule has 0 radical (unpaired) electrons. The summed E-state index contributed by atoms with van der Waals surface area (Å²) in [6.45, 7) is 0.386. The normalized spacial score (nSPS) is 19.5. The molecule has 1 saturated heterocycles. The molecule has 0 bridgehead atoms. The minimum atomic E-state index is -0.605. The summed E-state index contributed by atoms with van der Waals surface area (Å²) < 4.78 is 25.2. The number of carbonyl (C=O) groups is 2. The zero-order valence-electron chi connectivity index (χ0n) is 16.8. The molecule has 2 aromatic rings. The Labute approximate surface area is 182 Å². The summed E-state index contributed by atoms with van der Waals surface area (Å²) in [6, 6.07) is 11.2. The van der Waals surface area contributed by atoms with Gasteiger partial charge in [-0.1, -0.05) is 12.1 Å². The number of fused-ring (bicyclic) bond motifs is 1. The van der Waals surface area contributed by atoms with Crippen LogP contribution in [0.4, 0.5) is 14.9 Å². The number of hydrogen-bond acceptors (Lipinski definition) is 6. The molecule has 0 aromatic heterocycles. The lowest BCUT2D eigenvalue weighted by molar-refractivity contribution is -0.118. The number of rotatable bonds is 3. The highest BCUT2D eigenvalue weighted by Gasteiger charge is 2.39. The molecule has 1 fully saturated rings. The van der Waals surface area contributed by atoms with E-state index in [0.29, 0.717) is 17.7 Å². The van der Waals surface area contributed by atoms with E-state index in [9.17, 15) is 14.0 Å². The van der Waals surface area contributed by atoms with Crippen LogP contribution in [0.25, 0.3) is 0 Å². The van der Waals surface area contributed by atoms with Crippen molar-refractivity contribution in [3.8, 4) is 17.6 Å². The SMILES string of the molecule is N#Cc1cccc([C@@H]2CC=NN2C(=O)N2CC(Oc3cc4c(cc3F)OCC(=O)N4)C2)c1. The summed E-state index contributed by atoms with van der Waals surface area (Å²) in [5.74, 6) is -0.696. The summed E-state index contributed by atoms with van der Waals surface area (Å²) >= 11 is 0. The molecule has 3 heterocycles. The summed E-state index contributed by atoms with van der Waals surface area (Å²) in [6.07, 6.45) is 1.84. The smallest absolute Gasteiger partial charge is 0.341 e. The lowest BCUT2D eigenvalue weighted by Crippen LogP contribution is -2.58. The number of urea groups is 1. The first-order valence-corrected chi connectivity index (χ1v) is 10.1. The molecule has 3 aliphatic heterocycles. The fraction of sp³-hybridized carbons (Fsp3) is 0.273. The van der Waals surface area contributed by atoms with E-state index in [1.54, 1.807) is 29.3 Å². The fourth-order valence-electron chi connectivity index (χ4n) is 3.86. The van der Waals surface area contributed by atoms with Crippen molar-refractivity contribution in [3.63, 3.8) is 0 Å². The molecule has 162 valence electrons. The van der Waals surface area contributed by atoms with Crippen LogP contribution in [-0.2, 0) is 4.79 Å². The molecular weight excluding hydrogens is 417 g/mol. The number of likely N-dealkylation sites (tertiary alicyclic amines) is 1. The van der Waals surface area contributed by atoms with Crippen LogP contribution in [0.5, 0.6) is 11.5 Å². The molecule has 0 aliphatic carbocycles. The maximum absolute atomic E-state index is 14.3. The highest BCUT2D eigenvalue weighted by molar-refractivity contribution is 5.95. The van der Waals surface area contributed by atoms with Gasteiger partial charge in [-0.05, 0) is 17.7 Å². The zero-order valence-corrected chi connectivity index (χ0v) is 16.8. The van der Waals surface area contributed by atoms with Crippen molar-refractivity contribution in [2.24, 2.45) is 5.10 Å². The number of carbonyl (C=O) groups excluding carboxylic acids is 2. The van der Waals surface area contributed by atoms with E-state index < -0.39 is 11.9 Å². The maximum atomic E-state index is 14.3. The zero-order chi connectivity index (χ0) is 22.2. The van der Waals surface area contributed by atoms with Gasteiger partial charge >= 0.3 is 6.03 Å². The summed E-state index contributed by atoms with van der Waals surface area (Å²) in [7, 11) is 0. The van der Waals surface area contributed by atoms with Crippen LogP contribution in [0.2, 0.25) is 0 Å². The van der Waals surface area contributed by atoms with Crippen LogP contribution >= 0.6 is 0 Å². The average molecular weight is 435 g/mol. The molecular formula is C22H18FN5O4. The van der Waals surface area contributed by atoms with Gasteiger partial charge in [-0.2, -0.15) is 10.4 Å². The van der Waals surface area contributed by atoms with Gasteiger partial charge in [0.2, 0.25) is 0 Å². The van der Waals surface area contributed by atoms with Gasteiger partial charge in [0.05, 0.1) is 36.5 Å². The van der Waals surface area contributed by atoms with Crippen molar-refractivity contribution < 1.29 is 23.5 Å². The molecule has 3 amide bonds. The van der Waals surface area contributed by atoms with Crippen LogP contribution < -0.4 is 14.8 Å². The van der Waals surface area contributed by atoms with Crippen LogP contribution in [0.15, 0.2) is 41.5 Å². The van der Waals surface area contributed by atoms with Gasteiger partial charge in [0.15, 0.2) is 18.2 Å². The minimum Gasteiger partial charge on any atom is -0.484 e. The van der Waals surface area contributed by atoms with Gasteiger partial charge < -0.3 is 19.7 Å². The Morgan fingerprint density at radius 2 is 2.16 bits per heavy atom. The van der Waals surface area contributed by atoms with Gasteiger partial charge in [-0.15, -0.1) is 0 Å². The quantitative estimate of drug-likeness (QED) is 0.798. The van der Waals surface area contributed by atoms with Crippen molar-refractivity contribution in [1.29, 1.82) is 5.26 Å². The number of anilines is 1. The highest BCUT2D eigenvalue weighted by Crippen LogP contribution is 2.36. The van der Waals surface area contributed by atoms with E-state index in [0.717, 1.165) is 5.56 Å². The third-order valence-corrected chi connectivity index (χ3v) is 5.51. The monoisotopic (exact) mass is 435 g/mol. The Morgan fingerprint density at radius 3 is 2.97 bits per heavy atom. The average Bonchev–Trinajstić information content (AvgIpc) is 3.26. The van der Waals surface area contributed by atoms with Crippen LogP contribution in [-0.4, -0.2) is 53.9 Å². The summed E-state index contributed by atoms with van der Waals surface area (Å²) in [4.78, 5) is 26.0. The van der Waals surface area contributed by atoms with Crippen LogP contribution in [0, 0.1) is 17.1 Å². The Hall–Kier alpha value is -4.13. The van der Waals surface area contributed by atoms with Crippen molar-refractivity contribution >= 4 is 23.8 Å². The van der Waals surface area contributed by atoms with Gasteiger partial charge in [0.25, 0.3) is 5.91 Å². The first-order chi connectivity index (χ1) is 15.5. The van der Waals surface area contributed by atoms with E-state index in [-0.39, 0.29) is 49.2 Å². The molecule has 10 heteroatoms. The molecule has 0 spiro atoms. The van der Waals surface area contributed by atoms with Crippen molar-refractivity contribution in [3.05, 3.63) is 53.3 Å². The van der Waals surface area contributed by atoms with E-state index in [4.69, 9.17) is 14.7 Å². The summed E-state index contributed by atoms with van der Waals surface area (Å²) in [5.41, 5.74) is 1.70. The predicted molar refractivity (Wildman–Crippen MR) is 111 cm³/mol. The second-order valence-corrected chi connectivity index (χ2v) is 7.67. The molecule has 2 aromatic carbocycles. The Bertz CT molecular complexity index is 1170. The third-order valence-electron chi connectivity index (χ3n) is 5.51. The first-order valence-electron chi connectivity index (χ1n) is 10.1. The number of ether oxygens (including phenoxy) is 2. The van der Waals surface area contributed by atoms with Gasteiger partial charge in [0.1, 0.15) is 11.9 Å². The van der Waals surface area contributed by atoms with E-state index in [1.165, 1.54) is 17.1 Å². The molecule has 1 N–H and O–H groups in total. The van der Waals surface area contributed by atoms with Gasteiger partial charge in [0, 0.05) is 24.8 Å². The molecule has 3 aliphatic rings. The number of halogens is 1. The number of amides is 3. The fourth-order valence-corrected chi connectivity index (χ4v) is 3.86. The lowest BCUT2D eigenvalue weighted by Gasteiger charge is -2.41. The topological polar surface area (TPSA) is 107 Å². The first kappa shape index (κ1) is 19.8. The molecule has 9 nitrogen and oxygen atoms in total. The number of nitrogens with zero attached hydrogens (tertiary/aromatic N) is 4. The highest BCUT2D eigenvalue weighted by atomic mass is 19.1. The Kier molecular flexibility index (Phi) is 4.86. The van der Waals surface area contributed by atoms with Crippen molar-refractivity contribution in [2.75, 3.05) is 25.0 Å². The number of nitrogens with one attached hydrogen (secondary N) is 1. The van der Waals surface area contributed by atoms with E-state index in [2.05, 4.69) is 16.5 Å². The molecule has 0 saturated carbocycles. The Balaban J connectivity index is 1.22. The molecule has 32 heavy (non-hydrogen) atoms. The third kappa shape index (κ3) is 3.58. The van der Waals surface area contributed by atoms with Crippen LogP contribution in [0.3, 0.4) is 0 Å². The number of benzene rings is 2. The largest absolute Gasteiger partial charge is 0.484 e. The predicted octanol–water partition coefficient (Wildman–Crippen LogP) is 2.64. The molecule has 0 unspecified atom stereocenters. The van der Waals surface area contributed by atoms with E-state index in [1.807, 2.05) is 6.07 Å². The number of hydrogen-bond donors (Lipinski definition) is 1. The Morgan fingerprint density at radius 1 is 1.31 bits per heavy atom. The second-order valence-electron chi connectivity index (χ2n) is 7.67. The standard InChI is InChI=1S/C22H18FN5O4/c23-16-7-20-17(26-21(29)12-31-20)8-19(16)32-15-10-27(11-15)22(30)28-18(4-5-25-28)14-3-1-2-13(6-14)9-24/h1-3,5-8,15,18H,4,10-12H2,(H,26,29)/t18-/m0/s1. The number of nitriles is 1. The minimum absolute atomic E-state index is 0.0166. The van der Waals surface area contributed by atoms with Gasteiger partial charge in [-0.3, -0.25) is 4.79 Å². The van der Waals surface area contributed by atoms with Crippen LogP contribution in [0.1, 0.15) is 23.6 Å². The second kappa shape index (κ2) is 7.85. The van der Waals surface area contributed by atoms with Crippen molar-refractivity contribution in [1.82, 2.24) is 9.91 Å².